The fraction of sp³-hybridized carbons (Fsp3) is 0.167. The summed E-state index contributed by atoms with van der Waals surface area (Å²) in [5, 5.41) is 8.12. The summed E-state index contributed by atoms with van der Waals surface area (Å²) >= 11 is 0. The van der Waals surface area contributed by atoms with E-state index >= 15 is 0 Å². The molecule has 5 nitrogen and oxygen atoms in total. The number of hydrogen-bond acceptors (Lipinski definition) is 3. The molecular weight excluding hydrogens is 309 g/mol. The van der Waals surface area contributed by atoms with Crippen molar-refractivity contribution in [3.05, 3.63) is 59.9 Å². The minimum absolute atomic E-state index is 0.154. The summed E-state index contributed by atoms with van der Waals surface area (Å²) in [6, 6.07) is 12.8. The highest BCUT2D eigenvalue weighted by Crippen LogP contribution is 2.21. The third kappa shape index (κ3) is 3.48. The summed E-state index contributed by atoms with van der Waals surface area (Å²) in [7, 11) is 0. The largest absolute Gasteiger partial charge is 0.321 e. The minimum atomic E-state index is -0.397. The van der Waals surface area contributed by atoms with Gasteiger partial charge in [0.25, 0.3) is 5.91 Å². The first-order valence-electron chi connectivity index (χ1n) is 7.57. The van der Waals surface area contributed by atoms with Gasteiger partial charge in [0.05, 0.1) is 5.69 Å². The van der Waals surface area contributed by atoms with Crippen molar-refractivity contribution in [3.8, 4) is 0 Å². The van der Waals surface area contributed by atoms with Gasteiger partial charge >= 0.3 is 0 Å². The average Bonchev–Trinajstić information content (AvgIpc) is 2.57. The Kier molecular flexibility index (Phi) is 4.37. The smallest absolute Gasteiger partial charge is 0.271 e. The molecule has 1 heterocycles. The van der Waals surface area contributed by atoms with Crippen LogP contribution in [-0.4, -0.2) is 17.5 Å². The van der Waals surface area contributed by atoms with Crippen LogP contribution < -0.4 is 10.3 Å². The van der Waals surface area contributed by atoms with Crippen molar-refractivity contribution in [1.29, 1.82) is 0 Å². The van der Waals surface area contributed by atoms with Crippen LogP contribution in [0.25, 0.3) is 0 Å². The SMILES string of the molecule is Cc1cccc(N2N=C(C(=O)Nc3ccc(F)cc3)CCC2=O)c1. The number of nitrogens with zero attached hydrogens (tertiary/aromatic N) is 2. The van der Waals surface area contributed by atoms with E-state index < -0.39 is 5.91 Å². The summed E-state index contributed by atoms with van der Waals surface area (Å²) < 4.78 is 12.9. The van der Waals surface area contributed by atoms with Crippen molar-refractivity contribution >= 4 is 28.9 Å². The van der Waals surface area contributed by atoms with Crippen LogP contribution in [0.2, 0.25) is 0 Å². The molecular formula is C18H16FN3O2. The zero-order valence-corrected chi connectivity index (χ0v) is 13.1. The van der Waals surface area contributed by atoms with E-state index in [0.29, 0.717) is 11.4 Å². The van der Waals surface area contributed by atoms with Gasteiger partial charge in [-0.05, 0) is 48.9 Å². The van der Waals surface area contributed by atoms with E-state index in [-0.39, 0.29) is 30.3 Å². The van der Waals surface area contributed by atoms with Gasteiger partial charge in [0.2, 0.25) is 5.91 Å². The van der Waals surface area contributed by atoms with Crippen LogP contribution in [0.1, 0.15) is 18.4 Å². The molecule has 1 N–H and O–H groups in total. The van der Waals surface area contributed by atoms with Crippen molar-refractivity contribution < 1.29 is 14.0 Å². The van der Waals surface area contributed by atoms with Crippen LogP contribution in [0, 0.1) is 12.7 Å². The first kappa shape index (κ1) is 15.9. The van der Waals surface area contributed by atoms with Crippen LogP contribution in [0.15, 0.2) is 53.6 Å². The topological polar surface area (TPSA) is 61.8 Å². The number of hydrogen-bond donors (Lipinski definition) is 1. The molecule has 24 heavy (non-hydrogen) atoms. The number of hydrazone groups is 1. The summed E-state index contributed by atoms with van der Waals surface area (Å²) in [5.41, 5.74) is 2.37. The van der Waals surface area contributed by atoms with Crippen LogP contribution in [0.4, 0.5) is 15.8 Å². The quantitative estimate of drug-likeness (QED) is 0.941. The molecule has 0 atom stereocenters. The standard InChI is InChI=1S/C18H16FN3O2/c1-12-3-2-4-15(11-12)22-17(23)10-9-16(21-22)18(24)20-14-7-5-13(19)6-8-14/h2-8,11H,9-10H2,1H3,(H,20,24). The Morgan fingerprint density at radius 1 is 1.17 bits per heavy atom. The van der Waals surface area contributed by atoms with Crippen LogP contribution in [0.3, 0.4) is 0 Å². The molecule has 2 aromatic rings. The number of rotatable bonds is 3. The molecule has 0 spiro atoms. The van der Waals surface area contributed by atoms with Crippen molar-refractivity contribution in [2.75, 3.05) is 10.3 Å². The Morgan fingerprint density at radius 2 is 1.92 bits per heavy atom. The summed E-state index contributed by atoms with van der Waals surface area (Å²) in [5.74, 6) is -0.926. The van der Waals surface area contributed by atoms with E-state index in [4.69, 9.17) is 0 Å². The number of carbonyl (C=O) groups is 2. The number of halogens is 1. The zero-order chi connectivity index (χ0) is 17.1. The molecule has 2 amide bonds. The third-order valence-electron chi connectivity index (χ3n) is 3.64. The lowest BCUT2D eigenvalue weighted by Crippen LogP contribution is -2.36. The molecule has 0 unspecified atom stereocenters. The number of nitrogens with one attached hydrogen (secondary N) is 1. The Morgan fingerprint density at radius 3 is 2.62 bits per heavy atom. The number of anilines is 2. The van der Waals surface area contributed by atoms with E-state index in [1.54, 1.807) is 6.07 Å². The predicted molar refractivity (Wildman–Crippen MR) is 90.4 cm³/mol. The highest BCUT2D eigenvalue weighted by atomic mass is 19.1. The fourth-order valence-corrected chi connectivity index (χ4v) is 2.41. The van der Waals surface area contributed by atoms with Crippen molar-refractivity contribution in [2.45, 2.75) is 19.8 Å². The third-order valence-corrected chi connectivity index (χ3v) is 3.64. The lowest BCUT2D eigenvalue weighted by molar-refractivity contribution is -0.118. The fourth-order valence-electron chi connectivity index (χ4n) is 2.41. The van der Waals surface area contributed by atoms with E-state index in [1.807, 2.05) is 25.1 Å². The van der Waals surface area contributed by atoms with Crippen LogP contribution in [-0.2, 0) is 9.59 Å². The van der Waals surface area contributed by atoms with Crippen molar-refractivity contribution in [2.24, 2.45) is 5.10 Å². The first-order valence-corrected chi connectivity index (χ1v) is 7.57. The van der Waals surface area contributed by atoms with Gasteiger partial charge in [-0.1, -0.05) is 12.1 Å². The zero-order valence-electron chi connectivity index (χ0n) is 13.1. The summed E-state index contributed by atoms with van der Waals surface area (Å²) in [4.78, 5) is 24.4. The minimum Gasteiger partial charge on any atom is -0.321 e. The van der Waals surface area contributed by atoms with Crippen LogP contribution >= 0.6 is 0 Å². The molecule has 0 aromatic heterocycles. The summed E-state index contributed by atoms with van der Waals surface area (Å²) in [6.07, 6.45) is 0.484. The molecule has 1 aliphatic rings. The maximum Gasteiger partial charge on any atom is 0.271 e. The molecule has 6 heteroatoms. The molecule has 3 rings (SSSR count). The Balaban J connectivity index is 1.82. The molecule has 0 fully saturated rings. The van der Waals surface area contributed by atoms with Gasteiger partial charge in [-0.3, -0.25) is 9.59 Å². The number of benzene rings is 2. The maximum atomic E-state index is 12.9. The van der Waals surface area contributed by atoms with E-state index in [9.17, 15) is 14.0 Å². The van der Waals surface area contributed by atoms with Crippen LogP contribution in [0.5, 0.6) is 0 Å². The van der Waals surface area contributed by atoms with Gasteiger partial charge < -0.3 is 5.32 Å². The van der Waals surface area contributed by atoms with Crippen molar-refractivity contribution in [3.63, 3.8) is 0 Å². The van der Waals surface area contributed by atoms with Gasteiger partial charge in [-0.25, -0.2) is 9.40 Å². The maximum absolute atomic E-state index is 12.9. The second-order valence-corrected chi connectivity index (χ2v) is 5.55. The Hall–Kier alpha value is -3.02. The lowest BCUT2D eigenvalue weighted by atomic mass is 10.1. The first-order chi connectivity index (χ1) is 11.5. The monoisotopic (exact) mass is 325 g/mol. The molecule has 0 aliphatic carbocycles. The molecule has 0 bridgehead atoms. The highest BCUT2D eigenvalue weighted by molar-refractivity contribution is 6.44. The van der Waals surface area contributed by atoms with E-state index in [0.717, 1.165) is 5.56 Å². The summed E-state index contributed by atoms with van der Waals surface area (Å²) in [6.45, 7) is 1.92. The van der Waals surface area contributed by atoms with Gasteiger partial charge in [-0.15, -0.1) is 0 Å². The van der Waals surface area contributed by atoms with Gasteiger partial charge in [0, 0.05) is 18.5 Å². The lowest BCUT2D eigenvalue weighted by Gasteiger charge is -2.23. The molecule has 0 radical (unpaired) electrons. The van der Waals surface area contributed by atoms with Crippen molar-refractivity contribution in [1.82, 2.24) is 0 Å². The molecule has 0 saturated heterocycles. The Labute approximate surface area is 138 Å². The van der Waals surface area contributed by atoms with Gasteiger partial charge in [0.15, 0.2) is 0 Å². The molecule has 122 valence electrons. The van der Waals surface area contributed by atoms with E-state index in [1.165, 1.54) is 29.3 Å². The molecule has 1 aliphatic heterocycles. The van der Waals surface area contributed by atoms with Gasteiger partial charge in [-0.2, -0.15) is 5.10 Å². The van der Waals surface area contributed by atoms with Gasteiger partial charge in [0.1, 0.15) is 11.5 Å². The molecule has 2 aromatic carbocycles. The number of carbonyl (C=O) groups excluding carboxylic acids is 2. The average molecular weight is 325 g/mol. The second kappa shape index (κ2) is 6.62. The normalized spacial score (nSPS) is 14.3. The number of aryl methyl sites for hydroxylation is 1. The second-order valence-electron chi connectivity index (χ2n) is 5.55. The molecule has 0 saturated carbocycles. The highest BCUT2D eigenvalue weighted by Gasteiger charge is 2.25. The predicted octanol–water partition coefficient (Wildman–Crippen LogP) is 3.26. The van der Waals surface area contributed by atoms with E-state index in [2.05, 4.69) is 10.4 Å². The number of amides is 2. The Bertz CT molecular complexity index is 815.